The molecule has 0 radical (unpaired) electrons. The lowest BCUT2D eigenvalue weighted by atomic mass is 9.94. The highest BCUT2D eigenvalue weighted by Gasteiger charge is 2.49. The molecule has 10 heteroatoms. The van der Waals surface area contributed by atoms with Gasteiger partial charge in [-0.3, -0.25) is 14.5 Å². The van der Waals surface area contributed by atoms with Gasteiger partial charge in [0.15, 0.2) is 0 Å². The fourth-order valence-corrected chi connectivity index (χ4v) is 4.32. The number of halogens is 1. The first-order valence-corrected chi connectivity index (χ1v) is 10.3. The van der Waals surface area contributed by atoms with Crippen molar-refractivity contribution in [2.24, 2.45) is 0 Å². The number of ketones is 1. The second-order valence-electron chi connectivity index (χ2n) is 6.86. The van der Waals surface area contributed by atoms with E-state index in [0.717, 1.165) is 23.5 Å². The summed E-state index contributed by atoms with van der Waals surface area (Å²) in [5.41, 5.74) is 0.147. The predicted molar refractivity (Wildman–Crippen MR) is 115 cm³/mol. The Morgan fingerprint density at radius 2 is 1.81 bits per heavy atom. The molecule has 2 heterocycles. The number of aliphatic hydroxyl groups excluding tert-OH is 1. The summed E-state index contributed by atoms with van der Waals surface area (Å²) in [5, 5.41) is 19.9. The van der Waals surface area contributed by atoms with E-state index in [0.29, 0.717) is 16.3 Å². The Hall–Kier alpha value is -3.79. The number of anilines is 1. The molecule has 1 fully saturated rings. The van der Waals surface area contributed by atoms with E-state index in [9.17, 15) is 19.1 Å². The van der Waals surface area contributed by atoms with Crippen molar-refractivity contribution in [3.63, 3.8) is 0 Å². The summed E-state index contributed by atoms with van der Waals surface area (Å²) in [6, 6.07) is 9.24. The number of para-hydroxylation sites is 1. The van der Waals surface area contributed by atoms with E-state index in [1.54, 1.807) is 31.2 Å². The topological polar surface area (TPSA) is 102 Å². The van der Waals surface area contributed by atoms with Gasteiger partial charge in [-0.2, -0.15) is 0 Å². The normalized spacial score (nSPS) is 17.6. The average Bonchev–Trinajstić information content (AvgIpc) is 3.33. The third kappa shape index (κ3) is 3.48. The van der Waals surface area contributed by atoms with E-state index < -0.39 is 29.3 Å². The summed E-state index contributed by atoms with van der Waals surface area (Å²) in [7, 11) is 2.81. The van der Waals surface area contributed by atoms with E-state index in [2.05, 4.69) is 10.2 Å². The lowest BCUT2D eigenvalue weighted by Gasteiger charge is -2.24. The molecule has 4 rings (SSSR count). The maximum absolute atomic E-state index is 14.0. The molecule has 1 aliphatic heterocycles. The number of hydrogen-bond donors (Lipinski definition) is 1. The first-order chi connectivity index (χ1) is 15.4. The molecule has 3 aromatic rings. The fraction of sp³-hybridized carbons (Fsp3) is 0.182. The number of rotatable bonds is 5. The van der Waals surface area contributed by atoms with E-state index in [1.807, 2.05) is 0 Å². The monoisotopic (exact) mass is 455 g/mol. The third-order valence-electron chi connectivity index (χ3n) is 5.02. The maximum atomic E-state index is 14.0. The Morgan fingerprint density at radius 3 is 2.47 bits per heavy atom. The molecule has 1 N–H and O–H groups in total. The smallest absolute Gasteiger partial charge is 0.301 e. The summed E-state index contributed by atoms with van der Waals surface area (Å²) >= 11 is 1.12. The zero-order valence-corrected chi connectivity index (χ0v) is 18.1. The molecule has 2 aromatic carbocycles. The number of hydrogen-bond acceptors (Lipinski definition) is 8. The molecule has 1 atom stereocenters. The van der Waals surface area contributed by atoms with Gasteiger partial charge in [0.2, 0.25) is 5.13 Å². The van der Waals surface area contributed by atoms with Crippen LogP contribution >= 0.6 is 11.3 Å². The molecule has 32 heavy (non-hydrogen) atoms. The Bertz CT molecular complexity index is 1260. The number of Topliss-reactive ketones (excluding diaryl/α,β-unsaturated/α-hetero) is 1. The number of nitrogens with zero attached hydrogens (tertiary/aromatic N) is 3. The number of aromatic nitrogens is 2. The number of carbonyl (C=O) groups excluding carboxylic acids is 2. The lowest BCUT2D eigenvalue weighted by Crippen LogP contribution is -2.29. The van der Waals surface area contributed by atoms with Crippen molar-refractivity contribution in [1.82, 2.24) is 10.2 Å². The van der Waals surface area contributed by atoms with Gasteiger partial charge in [-0.1, -0.05) is 29.5 Å². The average molecular weight is 455 g/mol. The van der Waals surface area contributed by atoms with Crippen molar-refractivity contribution in [3.8, 4) is 11.5 Å². The zero-order chi connectivity index (χ0) is 23.0. The van der Waals surface area contributed by atoms with Crippen molar-refractivity contribution in [2.75, 3.05) is 19.1 Å². The summed E-state index contributed by atoms with van der Waals surface area (Å²) in [4.78, 5) is 27.4. The minimum absolute atomic E-state index is 0.0566. The van der Waals surface area contributed by atoms with Crippen molar-refractivity contribution < 1.29 is 28.6 Å². The Morgan fingerprint density at radius 1 is 1.09 bits per heavy atom. The summed E-state index contributed by atoms with van der Waals surface area (Å²) in [5.74, 6) is -2.52. The van der Waals surface area contributed by atoms with Gasteiger partial charge in [0.25, 0.3) is 5.78 Å². The van der Waals surface area contributed by atoms with Crippen LogP contribution in [0, 0.1) is 12.7 Å². The van der Waals surface area contributed by atoms with Gasteiger partial charge in [0, 0.05) is 5.56 Å². The molecule has 1 amide bonds. The molecule has 0 spiro atoms. The number of aliphatic hydroxyl groups is 1. The van der Waals surface area contributed by atoms with E-state index in [1.165, 1.54) is 25.2 Å². The van der Waals surface area contributed by atoms with Crippen LogP contribution in [0.15, 0.2) is 48.0 Å². The lowest BCUT2D eigenvalue weighted by molar-refractivity contribution is -0.132. The van der Waals surface area contributed by atoms with E-state index in [4.69, 9.17) is 9.47 Å². The molecule has 1 aromatic heterocycles. The van der Waals surface area contributed by atoms with Gasteiger partial charge >= 0.3 is 5.91 Å². The van der Waals surface area contributed by atoms with Crippen LogP contribution in [-0.2, 0) is 9.59 Å². The van der Waals surface area contributed by atoms with E-state index >= 15 is 0 Å². The van der Waals surface area contributed by atoms with Crippen LogP contribution in [0.25, 0.3) is 5.76 Å². The van der Waals surface area contributed by atoms with Gasteiger partial charge in [0.1, 0.15) is 34.1 Å². The van der Waals surface area contributed by atoms with Gasteiger partial charge in [0.05, 0.1) is 25.4 Å². The largest absolute Gasteiger partial charge is 0.507 e. The molecule has 0 unspecified atom stereocenters. The molecule has 8 nitrogen and oxygen atoms in total. The molecule has 164 valence electrons. The second-order valence-corrected chi connectivity index (χ2v) is 8.02. The third-order valence-corrected chi connectivity index (χ3v) is 5.85. The number of ether oxygens (including phenoxy) is 2. The molecule has 0 saturated carbocycles. The van der Waals surface area contributed by atoms with Crippen LogP contribution in [0.2, 0.25) is 0 Å². The van der Waals surface area contributed by atoms with Gasteiger partial charge in [-0.05, 0) is 31.2 Å². The van der Waals surface area contributed by atoms with Crippen LogP contribution in [0.3, 0.4) is 0 Å². The first kappa shape index (κ1) is 21.4. The molecular weight excluding hydrogens is 437 g/mol. The number of benzene rings is 2. The minimum Gasteiger partial charge on any atom is -0.507 e. The van der Waals surface area contributed by atoms with Crippen molar-refractivity contribution in [3.05, 3.63) is 70.0 Å². The van der Waals surface area contributed by atoms with Crippen LogP contribution in [-0.4, -0.2) is 41.2 Å². The fourth-order valence-electron chi connectivity index (χ4n) is 3.61. The molecule has 0 aliphatic carbocycles. The summed E-state index contributed by atoms with van der Waals surface area (Å²) < 4.78 is 24.7. The SMILES string of the molecule is COc1ccc(F)cc1/C(O)=C1\C(=O)C(=O)N(c2nnc(C)s2)[C@H]1c1ccccc1OC. The van der Waals surface area contributed by atoms with Crippen LogP contribution in [0.1, 0.15) is 22.2 Å². The highest BCUT2D eigenvalue weighted by molar-refractivity contribution is 7.15. The first-order valence-electron chi connectivity index (χ1n) is 9.45. The molecule has 1 aliphatic rings. The Labute approximate surface area is 186 Å². The van der Waals surface area contributed by atoms with Crippen molar-refractivity contribution >= 4 is 33.9 Å². The zero-order valence-electron chi connectivity index (χ0n) is 17.3. The summed E-state index contributed by atoms with van der Waals surface area (Å²) in [6.45, 7) is 1.72. The van der Waals surface area contributed by atoms with Crippen LogP contribution < -0.4 is 14.4 Å². The maximum Gasteiger partial charge on any atom is 0.301 e. The van der Waals surface area contributed by atoms with Crippen LogP contribution in [0.4, 0.5) is 9.52 Å². The second kappa shape index (κ2) is 8.39. The quantitative estimate of drug-likeness (QED) is 0.356. The number of amides is 1. The van der Waals surface area contributed by atoms with Crippen LogP contribution in [0.5, 0.6) is 11.5 Å². The number of methoxy groups -OCH3 is 2. The Balaban J connectivity index is 2.02. The highest BCUT2D eigenvalue weighted by atomic mass is 32.1. The molecular formula is C22H18FN3O5S. The van der Waals surface area contributed by atoms with Gasteiger partial charge in [-0.15, -0.1) is 10.2 Å². The molecule has 0 bridgehead atoms. The van der Waals surface area contributed by atoms with Gasteiger partial charge < -0.3 is 14.6 Å². The number of carbonyl (C=O) groups is 2. The van der Waals surface area contributed by atoms with E-state index in [-0.39, 0.29) is 22.0 Å². The predicted octanol–water partition coefficient (Wildman–Crippen LogP) is 3.63. The molecule has 1 saturated heterocycles. The summed E-state index contributed by atoms with van der Waals surface area (Å²) in [6.07, 6.45) is 0. The standard InChI is InChI=1S/C22H18FN3O5S/c1-11-24-25-22(32-11)26-18(13-6-4-5-7-15(13)30-2)17(20(28)21(26)29)19(27)14-10-12(23)8-9-16(14)31-3/h4-10,18,27H,1-3H3/b19-17+/t18-/m0/s1. The minimum atomic E-state index is -1.08. The highest BCUT2D eigenvalue weighted by Crippen LogP contribution is 2.46. The number of aryl methyl sites for hydroxylation is 1. The van der Waals surface area contributed by atoms with Gasteiger partial charge in [-0.25, -0.2) is 4.39 Å². The van der Waals surface area contributed by atoms with Crippen molar-refractivity contribution in [2.45, 2.75) is 13.0 Å². The Kier molecular flexibility index (Phi) is 5.62. The van der Waals surface area contributed by atoms with Crippen molar-refractivity contribution in [1.29, 1.82) is 0 Å².